The molecule has 2 N–H and O–H groups in total. The largest absolute Gasteiger partial charge is 0.397 e. The third kappa shape index (κ3) is 2.16. The average molecular weight is 230 g/mol. The number of nitriles is 1. The van der Waals surface area contributed by atoms with Crippen LogP contribution in [0.1, 0.15) is 5.56 Å². The normalized spacial score (nSPS) is 15.9. The Morgan fingerprint density at radius 2 is 2.18 bits per heavy atom. The fourth-order valence-electron chi connectivity index (χ4n) is 1.88. The van der Waals surface area contributed by atoms with E-state index in [0.29, 0.717) is 24.3 Å². The molecule has 1 fully saturated rings. The van der Waals surface area contributed by atoms with Crippen molar-refractivity contribution in [3.05, 3.63) is 23.8 Å². The Hall–Kier alpha value is -2.22. The highest BCUT2D eigenvalue weighted by Gasteiger charge is 2.22. The number of hydrogen-bond acceptors (Lipinski definition) is 4. The second-order valence-electron chi connectivity index (χ2n) is 4.12. The van der Waals surface area contributed by atoms with Crippen molar-refractivity contribution < 1.29 is 4.79 Å². The number of nitrogen functional groups attached to an aromatic ring is 1. The van der Waals surface area contributed by atoms with Crippen molar-refractivity contribution in [1.29, 1.82) is 5.26 Å². The van der Waals surface area contributed by atoms with Crippen LogP contribution in [0.4, 0.5) is 11.4 Å². The number of hydrogen-bond donors (Lipinski definition) is 1. The van der Waals surface area contributed by atoms with Gasteiger partial charge in [-0.25, -0.2) is 0 Å². The van der Waals surface area contributed by atoms with E-state index in [9.17, 15) is 4.79 Å². The van der Waals surface area contributed by atoms with Gasteiger partial charge in [-0.1, -0.05) is 0 Å². The van der Waals surface area contributed by atoms with Crippen molar-refractivity contribution in [3.63, 3.8) is 0 Å². The number of carbonyl (C=O) groups excluding carboxylic acids is 1. The molecule has 2 rings (SSSR count). The lowest BCUT2D eigenvalue weighted by molar-refractivity contribution is -0.129. The maximum absolute atomic E-state index is 11.6. The molecule has 1 saturated heterocycles. The highest BCUT2D eigenvalue weighted by Crippen LogP contribution is 2.25. The van der Waals surface area contributed by atoms with Crippen LogP contribution in [0.5, 0.6) is 0 Å². The van der Waals surface area contributed by atoms with E-state index in [0.717, 1.165) is 12.2 Å². The molecule has 17 heavy (non-hydrogen) atoms. The number of nitrogens with two attached hydrogens (primary N) is 1. The van der Waals surface area contributed by atoms with Gasteiger partial charge in [-0.15, -0.1) is 0 Å². The van der Waals surface area contributed by atoms with Crippen LogP contribution in [0.15, 0.2) is 18.2 Å². The van der Waals surface area contributed by atoms with E-state index in [4.69, 9.17) is 11.0 Å². The summed E-state index contributed by atoms with van der Waals surface area (Å²) in [6.07, 6.45) is 0. The molecular weight excluding hydrogens is 216 g/mol. The second-order valence-corrected chi connectivity index (χ2v) is 4.12. The first-order chi connectivity index (χ1) is 8.11. The zero-order valence-electron chi connectivity index (χ0n) is 9.68. The molecular formula is C12H14N4O. The molecule has 0 spiro atoms. The molecule has 1 aliphatic rings. The first-order valence-corrected chi connectivity index (χ1v) is 5.40. The molecule has 0 unspecified atom stereocenters. The molecule has 0 aliphatic carbocycles. The standard InChI is InChI=1S/C12H14N4O/c1-15-4-5-16(8-12(15)17)11-3-2-9(7-13)6-10(11)14/h2-3,6H,4-5,8,14H2,1H3. The van der Waals surface area contributed by atoms with Crippen molar-refractivity contribution in [2.24, 2.45) is 0 Å². The number of likely N-dealkylation sites (N-methyl/N-ethyl adjacent to an activating group) is 1. The summed E-state index contributed by atoms with van der Waals surface area (Å²) >= 11 is 0. The Morgan fingerprint density at radius 1 is 1.41 bits per heavy atom. The van der Waals surface area contributed by atoms with Crippen molar-refractivity contribution >= 4 is 17.3 Å². The third-order valence-electron chi connectivity index (χ3n) is 2.95. The fraction of sp³-hybridized carbons (Fsp3) is 0.333. The quantitative estimate of drug-likeness (QED) is 0.709. The molecule has 0 bridgehead atoms. The van der Waals surface area contributed by atoms with E-state index >= 15 is 0 Å². The van der Waals surface area contributed by atoms with Crippen LogP contribution in [-0.4, -0.2) is 37.5 Å². The second kappa shape index (κ2) is 4.34. The maximum Gasteiger partial charge on any atom is 0.241 e. The van der Waals surface area contributed by atoms with E-state index in [2.05, 4.69) is 0 Å². The Balaban J connectivity index is 2.24. The zero-order chi connectivity index (χ0) is 12.4. The molecule has 1 aliphatic heterocycles. The van der Waals surface area contributed by atoms with E-state index in [1.165, 1.54) is 0 Å². The van der Waals surface area contributed by atoms with Gasteiger partial charge >= 0.3 is 0 Å². The zero-order valence-corrected chi connectivity index (χ0v) is 9.68. The number of amides is 1. The van der Waals surface area contributed by atoms with Gasteiger partial charge in [0.2, 0.25) is 5.91 Å². The predicted molar refractivity (Wildman–Crippen MR) is 65.4 cm³/mol. The van der Waals surface area contributed by atoms with Crippen LogP contribution in [0.2, 0.25) is 0 Å². The van der Waals surface area contributed by atoms with Gasteiger partial charge in [-0.05, 0) is 18.2 Å². The van der Waals surface area contributed by atoms with Gasteiger partial charge < -0.3 is 15.5 Å². The number of benzene rings is 1. The topological polar surface area (TPSA) is 73.4 Å². The molecule has 0 radical (unpaired) electrons. The molecule has 88 valence electrons. The molecule has 0 saturated carbocycles. The Kier molecular flexibility index (Phi) is 2.88. The van der Waals surface area contributed by atoms with Gasteiger partial charge in [-0.3, -0.25) is 4.79 Å². The van der Waals surface area contributed by atoms with Crippen LogP contribution in [0.25, 0.3) is 0 Å². The third-order valence-corrected chi connectivity index (χ3v) is 2.95. The van der Waals surface area contributed by atoms with Gasteiger partial charge in [0.1, 0.15) is 0 Å². The predicted octanol–water partition coefficient (Wildman–Crippen LogP) is 0.419. The molecule has 1 aromatic rings. The Morgan fingerprint density at radius 3 is 2.76 bits per heavy atom. The van der Waals surface area contributed by atoms with Crippen LogP contribution in [-0.2, 0) is 4.79 Å². The SMILES string of the molecule is CN1CCN(c2ccc(C#N)cc2N)CC1=O. The molecule has 0 aromatic heterocycles. The summed E-state index contributed by atoms with van der Waals surface area (Å²) in [5.74, 6) is 0.0833. The first kappa shape index (κ1) is 11.3. The monoisotopic (exact) mass is 230 g/mol. The number of carbonyl (C=O) groups is 1. The summed E-state index contributed by atoms with van der Waals surface area (Å²) in [7, 11) is 1.79. The molecule has 5 heteroatoms. The Labute approximate surface area is 100 Å². The Bertz CT molecular complexity index is 492. The van der Waals surface area contributed by atoms with E-state index in [-0.39, 0.29) is 5.91 Å². The molecule has 0 atom stereocenters. The van der Waals surface area contributed by atoms with Gasteiger partial charge in [0.25, 0.3) is 0 Å². The van der Waals surface area contributed by atoms with Gasteiger partial charge in [0.05, 0.1) is 29.6 Å². The summed E-state index contributed by atoms with van der Waals surface area (Å²) in [6.45, 7) is 1.79. The molecule has 1 aromatic carbocycles. The van der Waals surface area contributed by atoms with Crippen molar-refractivity contribution in [2.45, 2.75) is 0 Å². The smallest absolute Gasteiger partial charge is 0.241 e. The van der Waals surface area contributed by atoms with Crippen molar-refractivity contribution in [2.75, 3.05) is 37.3 Å². The summed E-state index contributed by atoms with van der Waals surface area (Å²) in [5.41, 5.74) is 7.79. The average Bonchev–Trinajstić information content (AvgIpc) is 2.32. The van der Waals surface area contributed by atoms with Crippen LogP contribution in [0, 0.1) is 11.3 Å². The minimum absolute atomic E-state index is 0.0833. The summed E-state index contributed by atoms with van der Waals surface area (Å²) < 4.78 is 0. The first-order valence-electron chi connectivity index (χ1n) is 5.40. The summed E-state index contributed by atoms with van der Waals surface area (Å²) in [4.78, 5) is 15.3. The highest BCUT2D eigenvalue weighted by molar-refractivity contribution is 5.84. The number of nitrogens with zero attached hydrogens (tertiary/aromatic N) is 3. The minimum atomic E-state index is 0.0833. The number of anilines is 2. The summed E-state index contributed by atoms with van der Waals surface area (Å²) in [6, 6.07) is 7.19. The van der Waals surface area contributed by atoms with Crippen LogP contribution >= 0.6 is 0 Å². The molecule has 1 amide bonds. The molecule has 5 nitrogen and oxygen atoms in total. The van der Waals surface area contributed by atoms with Crippen LogP contribution in [0.3, 0.4) is 0 Å². The summed E-state index contributed by atoms with van der Waals surface area (Å²) in [5, 5.41) is 8.76. The van der Waals surface area contributed by atoms with Crippen molar-refractivity contribution in [3.8, 4) is 6.07 Å². The number of rotatable bonds is 1. The minimum Gasteiger partial charge on any atom is -0.397 e. The van der Waals surface area contributed by atoms with Gasteiger partial charge in [0, 0.05) is 20.1 Å². The van der Waals surface area contributed by atoms with E-state index in [1.54, 1.807) is 30.1 Å². The van der Waals surface area contributed by atoms with E-state index in [1.807, 2.05) is 11.0 Å². The van der Waals surface area contributed by atoms with Crippen LogP contribution < -0.4 is 10.6 Å². The lowest BCUT2D eigenvalue weighted by Crippen LogP contribution is -2.48. The number of piperazine rings is 1. The van der Waals surface area contributed by atoms with E-state index < -0.39 is 0 Å². The van der Waals surface area contributed by atoms with Gasteiger partial charge in [-0.2, -0.15) is 5.26 Å². The van der Waals surface area contributed by atoms with Crippen molar-refractivity contribution in [1.82, 2.24) is 4.90 Å². The lowest BCUT2D eigenvalue weighted by atomic mass is 10.1. The fourth-order valence-corrected chi connectivity index (χ4v) is 1.88. The van der Waals surface area contributed by atoms with Gasteiger partial charge in [0.15, 0.2) is 0 Å². The highest BCUT2D eigenvalue weighted by atomic mass is 16.2. The molecule has 1 heterocycles. The lowest BCUT2D eigenvalue weighted by Gasteiger charge is -2.34. The maximum atomic E-state index is 11.6.